The number of hydrogen-bond donors (Lipinski definition) is 2. The topological polar surface area (TPSA) is 105 Å². The van der Waals surface area contributed by atoms with Gasteiger partial charge in [0.15, 0.2) is 6.61 Å². The van der Waals surface area contributed by atoms with Gasteiger partial charge in [-0.1, -0.05) is 48.2 Å². The molecule has 2 aromatic carbocycles. The van der Waals surface area contributed by atoms with Crippen LogP contribution in [-0.2, 0) is 14.4 Å². The van der Waals surface area contributed by atoms with Gasteiger partial charge in [-0.3, -0.25) is 24.6 Å². The molecule has 0 aromatic heterocycles. The molecule has 2 N–H and O–H groups in total. The second-order valence-electron chi connectivity index (χ2n) is 8.32. The first-order valence-electron chi connectivity index (χ1n) is 11.0. The summed E-state index contributed by atoms with van der Waals surface area (Å²) in [5, 5.41) is 5.19. The number of hydrogen-bond acceptors (Lipinski definition) is 5. The summed E-state index contributed by atoms with van der Waals surface area (Å²) < 4.78 is 5.52. The number of ether oxygens (including phenoxy) is 1. The van der Waals surface area contributed by atoms with Crippen LogP contribution in [0.3, 0.4) is 0 Å². The van der Waals surface area contributed by atoms with Crippen molar-refractivity contribution in [2.24, 2.45) is 0 Å². The summed E-state index contributed by atoms with van der Waals surface area (Å²) in [6.45, 7) is 1.71. The summed E-state index contributed by atoms with van der Waals surface area (Å²) in [7, 11) is 0. The summed E-state index contributed by atoms with van der Waals surface area (Å²) in [6.07, 6.45) is 4.74. The molecule has 1 saturated carbocycles. The van der Waals surface area contributed by atoms with Crippen LogP contribution in [0, 0.1) is 6.92 Å². The Bertz CT molecular complexity index is 1170. The quantitative estimate of drug-likeness (QED) is 0.478. The largest absolute Gasteiger partial charge is 0.482 e. The molecule has 176 valence electrons. The lowest BCUT2D eigenvalue weighted by Crippen LogP contribution is -2.57. The van der Waals surface area contributed by atoms with Gasteiger partial charge in [-0.15, -0.1) is 0 Å². The molecule has 8 nitrogen and oxygen atoms in total. The third kappa shape index (κ3) is 5.28. The summed E-state index contributed by atoms with van der Waals surface area (Å²) in [5.74, 6) is -1.41. The third-order valence-corrected chi connectivity index (χ3v) is 6.08. The lowest BCUT2D eigenvalue weighted by atomic mass is 10.1. The molecule has 1 aliphatic carbocycles. The second kappa shape index (κ2) is 10.1. The fourth-order valence-corrected chi connectivity index (χ4v) is 4.28. The Labute approximate surface area is 201 Å². The van der Waals surface area contributed by atoms with Crippen molar-refractivity contribution in [1.82, 2.24) is 10.2 Å². The Morgan fingerprint density at radius 1 is 1.15 bits per heavy atom. The van der Waals surface area contributed by atoms with Crippen LogP contribution in [0.15, 0.2) is 48.0 Å². The minimum Gasteiger partial charge on any atom is -0.482 e. The first-order chi connectivity index (χ1) is 16.3. The van der Waals surface area contributed by atoms with Crippen LogP contribution < -0.4 is 15.4 Å². The predicted octanol–water partition coefficient (Wildman–Crippen LogP) is 4.07. The maximum Gasteiger partial charge on any atom is 0.331 e. The molecule has 0 spiro atoms. The number of carbonyl (C=O) groups excluding carboxylic acids is 4. The van der Waals surface area contributed by atoms with Crippen LogP contribution in [0.25, 0.3) is 6.08 Å². The van der Waals surface area contributed by atoms with Crippen molar-refractivity contribution in [3.8, 4) is 5.75 Å². The molecule has 34 heavy (non-hydrogen) atoms. The Hall–Kier alpha value is -3.65. The van der Waals surface area contributed by atoms with Gasteiger partial charge in [0, 0.05) is 11.7 Å². The molecule has 0 bridgehead atoms. The number of aryl methyl sites for hydroxylation is 1. The highest BCUT2D eigenvalue weighted by molar-refractivity contribution is 6.33. The van der Waals surface area contributed by atoms with Crippen LogP contribution in [0.1, 0.15) is 36.8 Å². The van der Waals surface area contributed by atoms with Crippen LogP contribution in [0.2, 0.25) is 5.02 Å². The lowest BCUT2D eigenvalue weighted by Gasteiger charge is -2.31. The smallest absolute Gasteiger partial charge is 0.331 e. The van der Waals surface area contributed by atoms with Crippen molar-refractivity contribution in [3.05, 3.63) is 64.2 Å². The van der Waals surface area contributed by atoms with E-state index in [-0.39, 0.29) is 34.9 Å². The van der Waals surface area contributed by atoms with Gasteiger partial charge in [0.2, 0.25) is 0 Å². The number of imide groups is 2. The third-order valence-electron chi connectivity index (χ3n) is 5.78. The van der Waals surface area contributed by atoms with E-state index in [9.17, 15) is 19.2 Å². The van der Waals surface area contributed by atoms with Crippen molar-refractivity contribution in [2.75, 3.05) is 11.9 Å². The minimum atomic E-state index is -0.742. The van der Waals surface area contributed by atoms with E-state index in [4.69, 9.17) is 16.3 Å². The molecule has 4 rings (SSSR count). The average Bonchev–Trinajstić information content (AvgIpc) is 3.32. The zero-order valence-corrected chi connectivity index (χ0v) is 19.4. The van der Waals surface area contributed by atoms with E-state index >= 15 is 0 Å². The van der Waals surface area contributed by atoms with E-state index in [1.165, 1.54) is 12.1 Å². The summed E-state index contributed by atoms with van der Waals surface area (Å²) in [4.78, 5) is 50.8. The Morgan fingerprint density at radius 3 is 2.53 bits per heavy atom. The fraction of sp³-hybridized carbons (Fsp3) is 0.280. The SMILES string of the molecule is Cc1ccc(NC(=O)COc2ccc(/C=C3\C(=O)NC(=O)N(C4CCCC4)C3=O)cc2Cl)cc1. The summed E-state index contributed by atoms with van der Waals surface area (Å²) in [6, 6.07) is 11.2. The minimum absolute atomic E-state index is 0.131. The van der Waals surface area contributed by atoms with E-state index in [1.807, 2.05) is 19.1 Å². The van der Waals surface area contributed by atoms with Crippen molar-refractivity contribution in [2.45, 2.75) is 38.6 Å². The average molecular weight is 482 g/mol. The summed E-state index contributed by atoms with van der Waals surface area (Å²) in [5.41, 5.74) is 2.10. The van der Waals surface area contributed by atoms with Crippen molar-refractivity contribution in [1.29, 1.82) is 0 Å². The Morgan fingerprint density at radius 2 is 1.85 bits per heavy atom. The van der Waals surface area contributed by atoms with E-state index in [1.54, 1.807) is 24.3 Å². The standard InChI is InChI=1S/C25H24ClN3O5/c1-15-6-9-17(10-7-15)27-22(30)14-34-21-11-8-16(13-20(21)26)12-19-23(31)28-25(33)29(24(19)32)18-4-2-3-5-18/h6-13,18H,2-5,14H2,1H3,(H,27,30)(H,28,31,33)/b19-12+. The van der Waals surface area contributed by atoms with Crippen LogP contribution in [0.5, 0.6) is 5.75 Å². The second-order valence-corrected chi connectivity index (χ2v) is 8.73. The van der Waals surface area contributed by atoms with E-state index in [0.29, 0.717) is 11.3 Å². The monoisotopic (exact) mass is 481 g/mol. The fourth-order valence-electron chi connectivity index (χ4n) is 4.03. The molecule has 5 amide bonds. The zero-order chi connectivity index (χ0) is 24.2. The molecule has 1 heterocycles. The van der Waals surface area contributed by atoms with Gasteiger partial charge in [-0.2, -0.15) is 0 Å². The molecule has 2 aromatic rings. The Kier molecular flexibility index (Phi) is 6.98. The molecular weight excluding hydrogens is 458 g/mol. The number of amides is 5. The summed E-state index contributed by atoms with van der Waals surface area (Å²) >= 11 is 6.30. The first kappa shape index (κ1) is 23.5. The lowest BCUT2D eigenvalue weighted by molar-refractivity contribution is -0.131. The van der Waals surface area contributed by atoms with Gasteiger partial charge in [-0.05, 0) is 55.7 Å². The number of barbiturate groups is 1. The van der Waals surface area contributed by atoms with Crippen LogP contribution in [0.4, 0.5) is 10.5 Å². The van der Waals surface area contributed by atoms with E-state index < -0.39 is 17.8 Å². The molecule has 0 atom stereocenters. The van der Waals surface area contributed by atoms with E-state index in [2.05, 4.69) is 10.6 Å². The van der Waals surface area contributed by atoms with Crippen LogP contribution >= 0.6 is 11.6 Å². The molecule has 2 fully saturated rings. The highest BCUT2D eigenvalue weighted by Gasteiger charge is 2.40. The van der Waals surface area contributed by atoms with Gasteiger partial charge in [0.25, 0.3) is 17.7 Å². The number of rotatable bonds is 6. The number of anilines is 1. The molecular formula is C25H24ClN3O5. The van der Waals surface area contributed by atoms with Crippen LogP contribution in [-0.4, -0.2) is 41.3 Å². The van der Waals surface area contributed by atoms with Gasteiger partial charge in [0.1, 0.15) is 11.3 Å². The number of carbonyl (C=O) groups is 4. The molecule has 1 saturated heterocycles. The molecule has 2 aliphatic rings. The van der Waals surface area contributed by atoms with Crippen molar-refractivity contribution >= 4 is 47.1 Å². The normalized spacial score (nSPS) is 17.8. The van der Waals surface area contributed by atoms with Gasteiger partial charge in [-0.25, -0.2) is 4.79 Å². The number of halogens is 1. The zero-order valence-electron chi connectivity index (χ0n) is 18.6. The molecule has 1 aliphatic heterocycles. The first-order valence-corrected chi connectivity index (χ1v) is 11.4. The van der Waals surface area contributed by atoms with E-state index in [0.717, 1.165) is 36.1 Å². The number of benzene rings is 2. The van der Waals surface area contributed by atoms with Crippen molar-refractivity contribution < 1.29 is 23.9 Å². The molecule has 0 radical (unpaired) electrons. The maximum atomic E-state index is 12.9. The van der Waals surface area contributed by atoms with Gasteiger partial charge >= 0.3 is 6.03 Å². The highest BCUT2D eigenvalue weighted by atomic mass is 35.5. The van der Waals surface area contributed by atoms with Crippen molar-refractivity contribution in [3.63, 3.8) is 0 Å². The van der Waals surface area contributed by atoms with Gasteiger partial charge in [0.05, 0.1) is 5.02 Å². The molecule has 9 heteroatoms. The molecule has 0 unspecified atom stereocenters. The Balaban J connectivity index is 1.43. The number of nitrogens with zero attached hydrogens (tertiary/aromatic N) is 1. The predicted molar refractivity (Wildman–Crippen MR) is 127 cm³/mol. The highest BCUT2D eigenvalue weighted by Crippen LogP contribution is 2.29. The maximum absolute atomic E-state index is 12.9. The van der Waals surface area contributed by atoms with Gasteiger partial charge < -0.3 is 10.1 Å². The number of nitrogens with one attached hydrogen (secondary N) is 2. The number of urea groups is 1.